The summed E-state index contributed by atoms with van der Waals surface area (Å²) >= 11 is 0. The summed E-state index contributed by atoms with van der Waals surface area (Å²) in [6.45, 7) is 3.04. The first-order valence-electron chi connectivity index (χ1n) is 2.62. The molecule has 2 N–H and O–H groups in total. The molecule has 1 aliphatic heterocycles. The third kappa shape index (κ3) is 6.90. The topological polar surface area (TPSA) is 87.1 Å². The molecule has 5 heteroatoms. The molecule has 0 aromatic rings. The second-order valence-corrected chi connectivity index (χ2v) is 1.75. The second-order valence-electron chi connectivity index (χ2n) is 1.75. The molecule has 5 nitrogen and oxygen atoms in total. The van der Waals surface area contributed by atoms with Gasteiger partial charge in [0.25, 0.3) is 0 Å². The van der Waals surface area contributed by atoms with Gasteiger partial charge in [0.05, 0.1) is 12.7 Å². The fourth-order valence-electron chi connectivity index (χ4n) is 0.0962. The second kappa shape index (κ2) is 3.84. The number of hydrogen-bond acceptors (Lipinski definition) is 3. The molecule has 10 heavy (non-hydrogen) atoms. The lowest BCUT2D eigenvalue weighted by molar-refractivity contribution is -0.159. The van der Waals surface area contributed by atoms with Crippen molar-refractivity contribution in [2.75, 3.05) is 6.61 Å². The first-order valence-corrected chi connectivity index (χ1v) is 2.62. The zero-order chi connectivity index (χ0) is 8.15. The molecule has 0 radical (unpaired) electrons. The average molecular weight is 148 g/mol. The molecule has 1 rings (SSSR count). The maximum atomic E-state index is 9.10. The molecule has 1 fully saturated rings. The zero-order valence-electron chi connectivity index (χ0n) is 5.40. The van der Waals surface area contributed by atoms with E-state index in [1.54, 1.807) is 0 Å². The molecule has 58 valence electrons. The number of epoxide rings is 1. The summed E-state index contributed by atoms with van der Waals surface area (Å²) in [5.41, 5.74) is 0. The summed E-state index contributed by atoms with van der Waals surface area (Å²) in [5, 5.41) is 14.8. The van der Waals surface area contributed by atoms with Gasteiger partial charge in [0, 0.05) is 0 Å². The van der Waals surface area contributed by atoms with Crippen molar-refractivity contribution < 1.29 is 24.5 Å². The van der Waals surface area contributed by atoms with Gasteiger partial charge in [-0.2, -0.15) is 0 Å². The molecule has 0 saturated carbocycles. The Morgan fingerprint density at radius 2 is 1.60 bits per heavy atom. The summed E-state index contributed by atoms with van der Waals surface area (Å²) in [7, 11) is 0. The van der Waals surface area contributed by atoms with Gasteiger partial charge in [-0.1, -0.05) is 0 Å². The number of rotatable bonds is 0. The van der Waals surface area contributed by atoms with Crippen LogP contribution in [0.2, 0.25) is 0 Å². The monoisotopic (exact) mass is 148 g/mol. The van der Waals surface area contributed by atoms with E-state index >= 15 is 0 Å². The quantitative estimate of drug-likeness (QED) is 0.359. The summed E-state index contributed by atoms with van der Waals surface area (Å²) in [6.07, 6.45) is 0.583. The summed E-state index contributed by atoms with van der Waals surface area (Å²) < 4.78 is 4.71. The molecule has 1 atom stereocenters. The molecule has 0 spiro atoms. The predicted molar refractivity (Wildman–Crippen MR) is 30.7 cm³/mol. The smallest absolute Gasteiger partial charge is 0.414 e. The van der Waals surface area contributed by atoms with Crippen LogP contribution in [-0.4, -0.2) is 34.9 Å². The molecule has 0 aromatic carbocycles. The SMILES string of the molecule is CC1CO1.O=C(O)C(=O)O. The van der Waals surface area contributed by atoms with Crippen LogP contribution in [0.4, 0.5) is 0 Å². The Morgan fingerprint density at radius 3 is 1.60 bits per heavy atom. The minimum Gasteiger partial charge on any atom is -0.473 e. The Hall–Kier alpha value is -1.10. The summed E-state index contributed by atoms with van der Waals surface area (Å²) in [4.78, 5) is 18.2. The van der Waals surface area contributed by atoms with Crippen LogP contribution in [-0.2, 0) is 14.3 Å². The number of ether oxygens (including phenoxy) is 1. The molecule has 1 aliphatic rings. The standard InChI is InChI=1S/C3H6O.C2H2O4/c1-3-2-4-3;3-1(4)2(5)6/h3H,2H2,1H3;(H,3,4)(H,5,6). The van der Waals surface area contributed by atoms with Crippen LogP contribution in [0.25, 0.3) is 0 Å². The van der Waals surface area contributed by atoms with Gasteiger partial charge in [-0.25, -0.2) is 9.59 Å². The zero-order valence-corrected chi connectivity index (χ0v) is 5.40. The number of carbonyl (C=O) groups is 2. The Balaban J connectivity index is 0.000000172. The molecular weight excluding hydrogens is 140 g/mol. The number of carboxylic acid groups (broad SMARTS) is 2. The van der Waals surface area contributed by atoms with E-state index in [1.165, 1.54) is 0 Å². The van der Waals surface area contributed by atoms with Crippen LogP contribution in [0.5, 0.6) is 0 Å². The maximum Gasteiger partial charge on any atom is 0.414 e. The van der Waals surface area contributed by atoms with E-state index in [-0.39, 0.29) is 0 Å². The number of aliphatic carboxylic acids is 2. The van der Waals surface area contributed by atoms with Crippen molar-refractivity contribution in [2.24, 2.45) is 0 Å². The highest BCUT2D eigenvalue weighted by Crippen LogP contribution is 2.04. The molecule has 1 heterocycles. The maximum absolute atomic E-state index is 9.10. The van der Waals surface area contributed by atoms with Crippen LogP contribution in [0.15, 0.2) is 0 Å². The van der Waals surface area contributed by atoms with E-state index in [2.05, 4.69) is 6.92 Å². The van der Waals surface area contributed by atoms with Crippen molar-refractivity contribution in [1.82, 2.24) is 0 Å². The first kappa shape index (κ1) is 8.90. The van der Waals surface area contributed by atoms with Crippen LogP contribution in [0, 0.1) is 0 Å². The van der Waals surface area contributed by atoms with E-state index in [4.69, 9.17) is 24.5 Å². The number of hydrogen-bond donors (Lipinski definition) is 2. The average Bonchev–Trinajstić information content (AvgIpc) is 2.52. The van der Waals surface area contributed by atoms with E-state index in [9.17, 15) is 0 Å². The van der Waals surface area contributed by atoms with Crippen molar-refractivity contribution >= 4 is 11.9 Å². The van der Waals surface area contributed by atoms with Crippen molar-refractivity contribution in [1.29, 1.82) is 0 Å². The minimum absolute atomic E-state index is 0.583. The van der Waals surface area contributed by atoms with Gasteiger partial charge in [-0.05, 0) is 6.92 Å². The fourth-order valence-corrected chi connectivity index (χ4v) is 0.0962. The van der Waals surface area contributed by atoms with Crippen molar-refractivity contribution in [3.8, 4) is 0 Å². The highest BCUT2D eigenvalue weighted by atomic mass is 16.6. The largest absolute Gasteiger partial charge is 0.473 e. The Morgan fingerprint density at radius 1 is 1.40 bits per heavy atom. The predicted octanol–water partition coefficient (Wildman–Crippen LogP) is -0.439. The molecule has 0 amide bonds. The van der Waals surface area contributed by atoms with Crippen molar-refractivity contribution in [3.05, 3.63) is 0 Å². The van der Waals surface area contributed by atoms with E-state index in [0.29, 0.717) is 6.10 Å². The van der Waals surface area contributed by atoms with Crippen LogP contribution in [0.3, 0.4) is 0 Å². The van der Waals surface area contributed by atoms with Gasteiger partial charge in [0.1, 0.15) is 0 Å². The number of carboxylic acids is 2. The van der Waals surface area contributed by atoms with Gasteiger partial charge in [0.2, 0.25) is 0 Å². The lowest BCUT2D eigenvalue weighted by Crippen LogP contribution is -2.09. The summed E-state index contributed by atoms with van der Waals surface area (Å²) in [5.74, 6) is -3.65. The molecule has 1 saturated heterocycles. The van der Waals surface area contributed by atoms with Gasteiger partial charge in [-0.15, -0.1) is 0 Å². The third-order valence-electron chi connectivity index (χ3n) is 0.683. The van der Waals surface area contributed by atoms with Gasteiger partial charge >= 0.3 is 11.9 Å². The van der Waals surface area contributed by atoms with Crippen molar-refractivity contribution in [3.63, 3.8) is 0 Å². The molecule has 0 aromatic heterocycles. The highest BCUT2D eigenvalue weighted by molar-refractivity contribution is 6.27. The molecule has 1 unspecified atom stereocenters. The Bertz CT molecular complexity index is 125. The Labute approximate surface area is 57.2 Å². The van der Waals surface area contributed by atoms with Gasteiger partial charge in [0.15, 0.2) is 0 Å². The molecule has 0 aliphatic carbocycles. The van der Waals surface area contributed by atoms with Gasteiger partial charge < -0.3 is 14.9 Å². The van der Waals surface area contributed by atoms with Crippen LogP contribution < -0.4 is 0 Å². The van der Waals surface area contributed by atoms with E-state index in [0.717, 1.165) is 6.61 Å². The van der Waals surface area contributed by atoms with Crippen molar-refractivity contribution in [2.45, 2.75) is 13.0 Å². The highest BCUT2D eigenvalue weighted by Gasteiger charge is 2.13. The first-order chi connectivity index (χ1) is 4.54. The van der Waals surface area contributed by atoms with Gasteiger partial charge in [-0.3, -0.25) is 0 Å². The molecular formula is C5H8O5. The van der Waals surface area contributed by atoms with E-state index < -0.39 is 11.9 Å². The third-order valence-corrected chi connectivity index (χ3v) is 0.683. The lowest BCUT2D eigenvalue weighted by atomic mass is 10.6. The minimum atomic E-state index is -1.82. The lowest BCUT2D eigenvalue weighted by Gasteiger charge is -1.72. The fraction of sp³-hybridized carbons (Fsp3) is 0.600. The summed E-state index contributed by atoms with van der Waals surface area (Å²) in [6, 6.07) is 0. The van der Waals surface area contributed by atoms with E-state index in [1.807, 2.05) is 0 Å². The Kier molecular flexibility index (Phi) is 3.42. The normalized spacial score (nSPS) is 20.3. The molecule has 0 bridgehead atoms. The van der Waals surface area contributed by atoms with Crippen LogP contribution >= 0.6 is 0 Å². The van der Waals surface area contributed by atoms with Crippen LogP contribution in [0.1, 0.15) is 6.92 Å².